The highest BCUT2D eigenvalue weighted by molar-refractivity contribution is 5.86. The summed E-state index contributed by atoms with van der Waals surface area (Å²) in [7, 11) is 0. The third-order valence-electron chi connectivity index (χ3n) is 3.71. The van der Waals surface area contributed by atoms with Gasteiger partial charge in [-0.1, -0.05) is 0 Å². The zero-order valence-electron chi connectivity index (χ0n) is 10.2. The molecule has 1 aromatic rings. The fraction of sp³-hybridized carbons (Fsp3) is 0.538. The summed E-state index contributed by atoms with van der Waals surface area (Å²) < 4.78 is 0. The van der Waals surface area contributed by atoms with Gasteiger partial charge in [0.25, 0.3) is 0 Å². The molecular weight excluding hydrogens is 230 g/mol. The van der Waals surface area contributed by atoms with Crippen LogP contribution in [0.5, 0.6) is 0 Å². The van der Waals surface area contributed by atoms with Crippen LogP contribution in [0.2, 0.25) is 0 Å². The number of aromatic nitrogens is 1. The van der Waals surface area contributed by atoms with Crippen LogP contribution >= 0.6 is 0 Å². The van der Waals surface area contributed by atoms with Crippen molar-refractivity contribution in [2.75, 3.05) is 31.1 Å². The predicted octanol–water partition coefficient (Wildman–Crippen LogP) is 1.06. The van der Waals surface area contributed by atoms with Gasteiger partial charge in [-0.05, 0) is 25.0 Å². The normalized spacial score (nSPS) is 21.0. The zero-order valence-corrected chi connectivity index (χ0v) is 10.2. The van der Waals surface area contributed by atoms with Gasteiger partial charge in [-0.2, -0.15) is 0 Å². The molecule has 5 heteroatoms. The largest absolute Gasteiger partial charge is 0.477 e. The van der Waals surface area contributed by atoms with Crippen LogP contribution in [0.15, 0.2) is 18.3 Å². The lowest BCUT2D eigenvalue weighted by atomic mass is 10.2. The Morgan fingerprint density at radius 2 is 2.00 bits per heavy atom. The molecule has 2 fully saturated rings. The number of hydrogen-bond donors (Lipinski definition) is 1. The minimum absolute atomic E-state index is 0.122. The van der Waals surface area contributed by atoms with Crippen molar-refractivity contribution in [3.8, 4) is 0 Å². The van der Waals surface area contributed by atoms with E-state index < -0.39 is 5.97 Å². The molecule has 0 radical (unpaired) electrons. The summed E-state index contributed by atoms with van der Waals surface area (Å²) >= 11 is 0. The fourth-order valence-corrected chi connectivity index (χ4v) is 2.52. The average molecular weight is 247 g/mol. The molecule has 96 valence electrons. The smallest absolute Gasteiger partial charge is 0.354 e. The van der Waals surface area contributed by atoms with Crippen molar-refractivity contribution in [3.05, 3.63) is 24.0 Å². The molecule has 1 aromatic heterocycles. The standard InChI is InChI=1S/C13H17N3O2/c17-13(18)12-9-11(3-4-14-12)16-7-5-15(6-8-16)10-1-2-10/h3-4,9-10H,1-2,5-8H2,(H,17,18). The van der Waals surface area contributed by atoms with E-state index in [-0.39, 0.29) is 5.69 Å². The molecule has 2 heterocycles. The van der Waals surface area contributed by atoms with Crippen LogP contribution in [-0.4, -0.2) is 53.2 Å². The van der Waals surface area contributed by atoms with Gasteiger partial charge < -0.3 is 10.0 Å². The molecule has 0 unspecified atom stereocenters. The van der Waals surface area contributed by atoms with Gasteiger partial charge in [0.2, 0.25) is 0 Å². The quantitative estimate of drug-likeness (QED) is 0.865. The van der Waals surface area contributed by atoms with Crippen molar-refractivity contribution in [3.63, 3.8) is 0 Å². The van der Waals surface area contributed by atoms with Crippen molar-refractivity contribution in [1.29, 1.82) is 0 Å². The number of aromatic carboxylic acids is 1. The molecule has 0 aromatic carbocycles. The first-order chi connectivity index (χ1) is 8.74. The zero-order chi connectivity index (χ0) is 12.5. The predicted molar refractivity (Wildman–Crippen MR) is 68.0 cm³/mol. The molecule has 0 spiro atoms. The molecule has 1 saturated heterocycles. The first-order valence-electron chi connectivity index (χ1n) is 6.42. The second kappa shape index (κ2) is 4.57. The Bertz CT molecular complexity index is 451. The van der Waals surface area contributed by atoms with Crippen molar-refractivity contribution in [2.45, 2.75) is 18.9 Å². The lowest BCUT2D eigenvalue weighted by Gasteiger charge is -2.36. The summed E-state index contributed by atoms with van der Waals surface area (Å²) in [5, 5.41) is 8.94. The Morgan fingerprint density at radius 3 is 2.61 bits per heavy atom. The number of nitrogens with zero attached hydrogens (tertiary/aromatic N) is 3. The van der Waals surface area contributed by atoms with Crippen molar-refractivity contribution in [1.82, 2.24) is 9.88 Å². The van der Waals surface area contributed by atoms with Crippen LogP contribution in [0.4, 0.5) is 5.69 Å². The molecule has 1 aliphatic heterocycles. The van der Waals surface area contributed by atoms with Gasteiger partial charge in [0.1, 0.15) is 5.69 Å². The summed E-state index contributed by atoms with van der Waals surface area (Å²) in [6.45, 7) is 4.10. The minimum Gasteiger partial charge on any atom is -0.477 e. The van der Waals surface area contributed by atoms with E-state index in [1.165, 1.54) is 12.8 Å². The van der Waals surface area contributed by atoms with E-state index in [0.29, 0.717) is 0 Å². The van der Waals surface area contributed by atoms with Crippen molar-refractivity contribution < 1.29 is 9.90 Å². The van der Waals surface area contributed by atoms with Crippen LogP contribution in [0.3, 0.4) is 0 Å². The van der Waals surface area contributed by atoms with E-state index in [1.54, 1.807) is 12.3 Å². The summed E-state index contributed by atoms with van der Waals surface area (Å²) in [5.41, 5.74) is 1.09. The van der Waals surface area contributed by atoms with Gasteiger partial charge in [-0.15, -0.1) is 0 Å². The number of carboxylic acids is 1. The Labute approximate surface area is 106 Å². The van der Waals surface area contributed by atoms with Crippen LogP contribution in [0, 0.1) is 0 Å². The van der Waals surface area contributed by atoms with Crippen molar-refractivity contribution in [2.24, 2.45) is 0 Å². The summed E-state index contributed by atoms with van der Waals surface area (Å²) in [5.74, 6) is -0.964. The third kappa shape index (κ3) is 2.31. The Morgan fingerprint density at radius 1 is 1.28 bits per heavy atom. The fourth-order valence-electron chi connectivity index (χ4n) is 2.52. The van der Waals surface area contributed by atoms with Crippen molar-refractivity contribution >= 4 is 11.7 Å². The van der Waals surface area contributed by atoms with E-state index in [4.69, 9.17) is 5.11 Å². The van der Waals surface area contributed by atoms with Gasteiger partial charge >= 0.3 is 5.97 Å². The molecule has 3 rings (SSSR count). The molecule has 0 bridgehead atoms. The first-order valence-corrected chi connectivity index (χ1v) is 6.42. The number of carbonyl (C=O) groups is 1. The number of hydrogen-bond acceptors (Lipinski definition) is 4. The lowest BCUT2D eigenvalue weighted by molar-refractivity contribution is 0.0690. The molecule has 2 aliphatic rings. The lowest BCUT2D eigenvalue weighted by Crippen LogP contribution is -2.47. The van der Waals surface area contributed by atoms with Crippen LogP contribution < -0.4 is 4.90 Å². The second-order valence-electron chi connectivity index (χ2n) is 4.96. The number of piperazine rings is 1. The second-order valence-corrected chi connectivity index (χ2v) is 4.96. The maximum Gasteiger partial charge on any atom is 0.354 e. The number of carboxylic acid groups (broad SMARTS) is 1. The maximum atomic E-state index is 10.9. The molecular formula is C13H17N3O2. The Hall–Kier alpha value is -1.62. The Balaban J connectivity index is 1.67. The molecule has 18 heavy (non-hydrogen) atoms. The summed E-state index contributed by atoms with van der Waals surface area (Å²) in [4.78, 5) is 19.5. The average Bonchev–Trinajstić information content (AvgIpc) is 3.23. The molecule has 5 nitrogen and oxygen atoms in total. The van der Waals surface area contributed by atoms with E-state index in [2.05, 4.69) is 14.8 Å². The number of anilines is 1. The van der Waals surface area contributed by atoms with Gasteiger partial charge in [-0.25, -0.2) is 9.78 Å². The molecule has 1 N–H and O–H groups in total. The molecule has 1 saturated carbocycles. The third-order valence-corrected chi connectivity index (χ3v) is 3.71. The van der Waals surface area contributed by atoms with E-state index in [1.807, 2.05) is 6.07 Å². The van der Waals surface area contributed by atoms with E-state index in [9.17, 15) is 4.79 Å². The SMILES string of the molecule is O=C(O)c1cc(N2CCN(C3CC3)CC2)ccn1. The van der Waals surface area contributed by atoms with E-state index >= 15 is 0 Å². The highest BCUT2D eigenvalue weighted by Crippen LogP contribution is 2.28. The van der Waals surface area contributed by atoms with Gasteiger partial charge in [0, 0.05) is 44.1 Å². The first kappa shape index (κ1) is 11.5. The van der Waals surface area contributed by atoms with Gasteiger partial charge in [-0.3, -0.25) is 4.90 Å². The molecule has 0 atom stereocenters. The monoisotopic (exact) mass is 247 g/mol. The Kier molecular flexibility index (Phi) is 2.91. The highest BCUT2D eigenvalue weighted by atomic mass is 16.4. The maximum absolute atomic E-state index is 10.9. The molecule has 0 amide bonds. The summed E-state index contributed by atoms with van der Waals surface area (Å²) in [6, 6.07) is 4.37. The number of rotatable bonds is 3. The topological polar surface area (TPSA) is 56.7 Å². The molecule has 1 aliphatic carbocycles. The van der Waals surface area contributed by atoms with Crippen LogP contribution in [0.1, 0.15) is 23.3 Å². The van der Waals surface area contributed by atoms with Gasteiger partial charge in [0.15, 0.2) is 0 Å². The summed E-state index contributed by atoms with van der Waals surface area (Å²) in [6.07, 6.45) is 4.27. The minimum atomic E-state index is -0.964. The highest BCUT2D eigenvalue weighted by Gasteiger charge is 2.31. The van der Waals surface area contributed by atoms with Crippen LogP contribution in [0.25, 0.3) is 0 Å². The van der Waals surface area contributed by atoms with E-state index in [0.717, 1.165) is 37.9 Å². The van der Waals surface area contributed by atoms with Crippen LogP contribution in [-0.2, 0) is 0 Å². The van der Waals surface area contributed by atoms with Gasteiger partial charge in [0.05, 0.1) is 0 Å². The number of pyridine rings is 1.